The summed E-state index contributed by atoms with van der Waals surface area (Å²) in [4.78, 5) is 12.7. The van der Waals surface area contributed by atoms with Crippen LogP contribution in [0.2, 0.25) is 0 Å². The van der Waals surface area contributed by atoms with Crippen LogP contribution in [0.15, 0.2) is 48.5 Å². The molecule has 0 radical (unpaired) electrons. The van der Waals surface area contributed by atoms with Crippen molar-refractivity contribution < 1.29 is 22.7 Å². The molecular formula is C23H28N2O5S. The van der Waals surface area contributed by atoms with Crippen molar-refractivity contribution >= 4 is 21.6 Å². The van der Waals surface area contributed by atoms with E-state index in [9.17, 15) is 13.2 Å². The number of amides is 1. The number of piperidine rings is 1. The monoisotopic (exact) mass is 444 g/mol. The maximum atomic E-state index is 12.7. The van der Waals surface area contributed by atoms with Gasteiger partial charge in [-0.2, -0.15) is 0 Å². The number of hydrogen-bond acceptors (Lipinski definition) is 5. The first-order valence-electron chi connectivity index (χ1n) is 10.7. The summed E-state index contributed by atoms with van der Waals surface area (Å²) in [6.07, 6.45) is 2.38. The Kier molecular flexibility index (Phi) is 6.77. The highest BCUT2D eigenvalue weighted by Crippen LogP contribution is 2.33. The molecule has 1 fully saturated rings. The van der Waals surface area contributed by atoms with Crippen LogP contribution >= 0.6 is 0 Å². The molecule has 0 atom stereocenters. The molecule has 0 bridgehead atoms. The molecule has 1 N–H and O–H groups in total. The first-order valence-corrected chi connectivity index (χ1v) is 12.3. The maximum Gasteiger partial charge on any atom is 0.227 e. The number of hydrogen-bond donors (Lipinski definition) is 1. The summed E-state index contributed by atoms with van der Waals surface area (Å²) >= 11 is 0. The van der Waals surface area contributed by atoms with Gasteiger partial charge in [0, 0.05) is 30.8 Å². The van der Waals surface area contributed by atoms with Crippen molar-refractivity contribution in [2.24, 2.45) is 5.92 Å². The molecule has 0 aliphatic carbocycles. The highest BCUT2D eigenvalue weighted by Gasteiger charge is 2.31. The molecule has 2 aromatic rings. The van der Waals surface area contributed by atoms with Crippen LogP contribution in [0.4, 0.5) is 5.69 Å². The smallest absolute Gasteiger partial charge is 0.227 e. The zero-order valence-electron chi connectivity index (χ0n) is 17.5. The van der Waals surface area contributed by atoms with E-state index in [4.69, 9.17) is 9.47 Å². The van der Waals surface area contributed by atoms with Gasteiger partial charge >= 0.3 is 0 Å². The quantitative estimate of drug-likeness (QED) is 0.710. The number of carbonyl (C=O) groups is 1. The first-order chi connectivity index (χ1) is 15.0. The standard InChI is InChI=1S/C23H28N2O5S/c26-23(24-20-8-9-21-22(17-20)30-15-14-29-21)19-10-12-25(13-11-19)31(27,28)16-4-7-18-5-2-1-3-6-18/h1-3,5-6,8-9,17,19H,4,7,10-16H2,(H,24,26). The zero-order valence-corrected chi connectivity index (χ0v) is 18.3. The van der Waals surface area contributed by atoms with Gasteiger partial charge < -0.3 is 14.8 Å². The van der Waals surface area contributed by atoms with Gasteiger partial charge in [-0.05, 0) is 43.4 Å². The van der Waals surface area contributed by atoms with Gasteiger partial charge in [0.05, 0.1) is 5.75 Å². The first kappa shape index (κ1) is 21.6. The van der Waals surface area contributed by atoms with Gasteiger partial charge in [-0.1, -0.05) is 30.3 Å². The van der Waals surface area contributed by atoms with Crippen LogP contribution in [0.3, 0.4) is 0 Å². The molecule has 2 heterocycles. The van der Waals surface area contributed by atoms with E-state index in [1.165, 1.54) is 4.31 Å². The maximum absolute atomic E-state index is 12.7. The van der Waals surface area contributed by atoms with Crippen LogP contribution in [0, 0.1) is 5.92 Å². The molecule has 0 aromatic heterocycles. The van der Waals surface area contributed by atoms with Crippen LogP contribution in [0.25, 0.3) is 0 Å². The number of rotatable bonds is 7. The second-order valence-corrected chi connectivity index (χ2v) is 10.0. The van der Waals surface area contributed by atoms with E-state index in [0.29, 0.717) is 62.8 Å². The number of aryl methyl sites for hydroxylation is 1. The van der Waals surface area contributed by atoms with E-state index in [1.807, 2.05) is 30.3 Å². The number of carbonyl (C=O) groups excluding carboxylic acids is 1. The van der Waals surface area contributed by atoms with Gasteiger partial charge in [-0.25, -0.2) is 12.7 Å². The molecular weight excluding hydrogens is 416 g/mol. The van der Waals surface area contributed by atoms with Gasteiger partial charge in [0.1, 0.15) is 13.2 Å². The van der Waals surface area contributed by atoms with Crippen molar-refractivity contribution in [3.05, 3.63) is 54.1 Å². The van der Waals surface area contributed by atoms with Gasteiger partial charge in [0.2, 0.25) is 15.9 Å². The van der Waals surface area contributed by atoms with Crippen molar-refractivity contribution in [3.8, 4) is 11.5 Å². The summed E-state index contributed by atoms with van der Waals surface area (Å²) in [5.74, 6) is 1.15. The van der Waals surface area contributed by atoms with Crippen LogP contribution < -0.4 is 14.8 Å². The lowest BCUT2D eigenvalue weighted by Crippen LogP contribution is -2.42. The largest absolute Gasteiger partial charge is 0.486 e. The normalized spacial score (nSPS) is 17.3. The molecule has 1 saturated heterocycles. The summed E-state index contributed by atoms with van der Waals surface area (Å²) in [6, 6.07) is 15.2. The summed E-state index contributed by atoms with van der Waals surface area (Å²) in [7, 11) is -3.30. The SMILES string of the molecule is O=C(Nc1ccc2c(c1)OCCO2)C1CCN(S(=O)(=O)CCCc2ccccc2)CC1. The van der Waals surface area contributed by atoms with E-state index >= 15 is 0 Å². The Bertz CT molecular complexity index is 1000. The van der Waals surface area contributed by atoms with Gasteiger partial charge in [-0.3, -0.25) is 4.79 Å². The van der Waals surface area contributed by atoms with Gasteiger partial charge in [-0.15, -0.1) is 0 Å². The molecule has 0 saturated carbocycles. The van der Waals surface area contributed by atoms with Crippen LogP contribution in [0.1, 0.15) is 24.8 Å². The number of anilines is 1. The van der Waals surface area contributed by atoms with Crippen LogP contribution in [-0.4, -0.2) is 50.7 Å². The molecule has 8 heteroatoms. The lowest BCUT2D eigenvalue weighted by Gasteiger charge is -2.30. The van der Waals surface area contributed by atoms with E-state index < -0.39 is 10.0 Å². The minimum atomic E-state index is -3.30. The minimum absolute atomic E-state index is 0.0854. The van der Waals surface area contributed by atoms with Gasteiger partial charge in [0.25, 0.3) is 0 Å². The minimum Gasteiger partial charge on any atom is -0.486 e. The van der Waals surface area contributed by atoms with Crippen molar-refractivity contribution in [2.45, 2.75) is 25.7 Å². The summed E-state index contributed by atoms with van der Waals surface area (Å²) in [5.41, 5.74) is 1.80. The lowest BCUT2D eigenvalue weighted by molar-refractivity contribution is -0.120. The third-order valence-corrected chi connectivity index (χ3v) is 7.69. The van der Waals surface area contributed by atoms with Crippen molar-refractivity contribution in [2.75, 3.05) is 37.4 Å². The molecule has 2 aliphatic rings. The fraction of sp³-hybridized carbons (Fsp3) is 0.435. The Morgan fingerprint density at radius 2 is 1.71 bits per heavy atom. The Hall–Kier alpha value is -2.58. The number of fused-ring (bicyclic) bond motifs is 1. The molecule has 7 nitrogen and oxygen atoms in total. The van der Waals surface area contributed by atoms with Gasteiger partial charge in [0.15, 0.2) is 11.5 Å². The molecule has 0 spiro atoms. The summed E-state index contributed by atoms with van der Waals surface area (Å²) in [5, 5.41) is 2.93. The molecule has 2 aliphatic heterocycles. The summed E-state index contributed by atoms with van der Waals surface area (Å²) in [6.45, 7) is 1.77. The fourth-order valence-electron chi connectivity index (χ4n) is 3.99. The Morgan fingerprint density at radius 1 is 1.00 bits per heavy atom. The van der Waals surface area contributed by atoms with Crippen molar-refractivity contribution in [1.29, 1.82) is 0 Å². The van der Waals surface area contributed by atoms with E-state index in [-0.39, 0.29) is 17.6 Å². The Morgan fingerprint density at radius 3 is 2.45 bits per heavy atom. The van der Waals surface area contributed by atoms with Crippen LogP contribution in [-0.2, 0) is 21.2 Å². The number of ether oxygens (including phenoxy) is 2. The number of nitrogens with one attached hydrogen (secondary N) is 1. The third kappa shape index (κ3) is 5.57. The highest BCUT2D eigenvalue weighted by molar-refractivity contribution is 7.89. The third-order valence-electron chi connectivity index (χ3n) is 5.74. The predicted octanol–water partition coefficient (Wildman–Crippen LogP) is 3.07. The van der Waals surface area contributed by atoms with Crippen LogP contribution in [0.5, 0.6) is 11.5 Å². The Labute approximate surface area is 183 Å². The second-order valence-electron chi connectivity index (χ2n) is 7.93. The zero-order chi connectivity index (χ0) is 21.7. The molecule has 31 heavy (non-hydrogen) atoms. The molecule has 1 amide bonds. The number of benzene rings is 2. The summed E-state index contributed by atoms with van der Waals surface area (Å²) < 4.78 is 37.9. The lowest BCUT2D eigenvalue weighted by atomic mass is 9.97. The predicted molar refractivity (Wildman–Crippen MR) is 119 cm³/mol. The Balaban J connectivity index is 1.25. The van der Waals surface area contributed by atoms with E-state index in [0.717, 1.165) is 12.0 Å². The highest BCUT2D eigenvalue weighted by atomic mass is 32.2. The topological polar surface area (TPSA) is 84.9 Å². The average molecular weight is 445 g/mol. The number of sulfonamides is 1. The molecule has 166 valence electrons. The van der Waals surface area contributed by atoms with E-state index in [1.54, 1.807) is 18.2 Å². The average Bonchev–Trinajstić information content (AvgIpc) is 2.80. The molecule has 4 rings (SSSR count). The van der Waals surface area contributed by atoms with E-state index in [2.05, 4.69) is 5.32 Å². The van der Waals surface area contributed by atoms with Crippen molar-refractivity contribution in [3.63, 3.8) is 0 Å². The second kappa shape index (κ2) is 9.70. The molecule has 2 aromatic carbocycles. The van der Waals surface area contributed by atoms with Crippen molar-refractivity contribution in [1.82, 2.24) is 4.31 Å². The number of nitrogens with zero attached hydrogens (tertiary/aromatic N) is 1. The molecule has 0 unspecified atom stereocenters. The fourth-order valence-corrected chi connectivity index (χ4v) is 5.53.